The standard InChI is InChI=1S/C18H11F3N4/c19-18(20,21)13-3-1-2-12(8-13)14-9-16(11-4-6-24-7-5-11)25-17(23)15(14)10-22/h1-9H,(H2,23,25). The highest BCUT2D eigenvalue weighted by Crippen LogP contribution is 2.35. The van der Waals surface area contributed by atoms with Crippen molar-refractivity contribution in [1.29, 1.82) is 5.26 Å². The van der Waals surface area contributed by atoms with Crippen LogP contribution in [0.25, 0.3) is 22.4 Å². The summed E-state index contributed by atoms with van der Waals surface area (Å²) < 4.78 is 38.9. The monoisotopic (exact) mass is 340 g/mol. The Hall–Kier alpha value is -3.40. The molecule has 0 amide bonds. The third kappa shape index (κ3) is 3.28. The third-order valence-corrected chi connectivity index (χ3v) is 3.64. The first-order valence-corrected chi connectivity index (χ1v) is 7.19. The second-order valence-corrected chi connectivity index (χ2v) is 5.24. The van der Waals surface area contributed by atoms with E-state index in [2.05, 4.69) is 9.97 Å². The number of alkyl halides is 3. The molecule has 4 nitrogen and oxygen atoms in total. The van der Waals surface area contributed by atoms with Crippen LogP contribution in [0.3, 0.4) is 0 Å². The summed E-state index contributed by atoms with van der Waals surface area (Å²) >= 11 is 0. The van der Waals surface area contributed by atoms with Gasteiger partial charge in [-0.15, -0.1) is 0 Å². The van der Waals surface area contributed by atoms with Crippen LogP contribution >= 0.6 is 0 Å². The van der Waals surface area contributed by atoms with E-state index in [-0.39, 0.29) is 16.9 Å². The van der Waals surface area contributed by atoms with E-state index >= 15 is 0 Å². The fourth-order valence-electron chi connectivity index (χ4n) is 2.44. The van der Waals surface area contributed by atoms with E-state index in [4.69, 9.17) is 5.73 Å². The van der Waals surface area contributed by atoms with Gasteiger partial charge in [0.1, 0.15) is 17.5 Å². The molecule has 7 heteroatoms. The maximum Gasteiger partial charge on any atom is 0.416 e. The Bertz CT molecular complexity index is 960. The zero-order valence-corrected chi connectivity index (χ0v) is 12.7. The van der Waals surface area contributed by atoms with E-state index in [1.807, 2.05) is 6.07 Å². The smallest absolute Gasteiger partial charge is 0.383 e. The first-order chi connectivity index (χ1) is 11.9. The fourth-order valence-corrected chi connectivity index (χ4v) is 2.44. The van der Waals surface area contributed by atoms with Crippen molar-refractivity contribution < 1.29 is 13.2 Å². The second kappa shape index (κ2) is 6.24. The lowest BCUT2D eigenvalue weighted by Gasteiger charge is -2.12. The lowest BCUT2D eigenvalue weighted by atomic mass is 9.97. The van der Waals surface area contributed by atoms with Crippen molar-refractivity contribution in [3.63, 3.8) is 0 Å². The molecule has 3 aromatic rings. The molecule has 0 aliphatic carbocycles. The maximum atomic E-state index is 13.0. The molecule has 0 saturated heterocycles. The lowest BCUT2D eigenvalue weighted by Crippen LogP contribution is -2.05. The first kappa shape index (κ1) is 16.5. The van der Waals surface area contributed by atoms with Gasteiger partial charge in [-0.2, -0.15) is 18.4 Å². The van der Waals surface area contributed by atoms with Gasteiger partial charge in [-0.3, -0.25) is 4.98 Å². The summed E-state index contributed by atoms with van der Waals surface area (Å²) in [7, 11) is 0. The van der Waals surface area contributed by atoms with Crippen molar-refractivity contribution >= 4 is 5.82 Å². The van der Waals surface area contributed by atoms with E-state index in [0.717, 1.165) is 12.1 Å². The van der Waals surface area contributed by atoms with Crippen LogP contribution in [0, 0.1) is 11.3 Å². The summed E-state index contributed by atoms with van der Waals surface area (Å²) in [4.78, 5) is 8.09. The Balaban J connectivity index is 2.22. The van der Waals surface area contributed by atoms with Crippen LogP contribution < -0.4 is 5.73 Å². The Kier molecular flexibility index (Phi) is 4.11. The van der Waals surface area contributed by atoms with Gasteiger partial charge in [-0.1, -0.05) is 12.1 Å². The number of nitriles is 1. The number of hydrogen-bond donors (Lipinski definition) is 1. The number of halogens is 3. The average molecular weight is 340 g/mol. The maximum absolute atomic E-state index is 13.0. The Morgan fingerprint density at radius 3 is 2.36 bits per heavy atom. The Morgan fingerprint density at radius 1 is 1.00 bits per heavy atom. The van der Waals surface area contributed by atoms with Gasteiger partial charge in [0.2, 0.25) is 0 Å². The molecular weight excluding hydrogens is 329 g/mol. The summed E-state index contributed by atoms with van der Waals surface area (Å²) in [5.74, 6) is -0.0378. The van der Waals surface area contributed by atoms with Crippen LogP contribution in [-0.2, 0) is 6.18 Å². The van der Waals surface area contributed by atoms with Crippen molar-refractivity contribution in [1.82, 2.24) is 9.97 Å². The predicted octanol–water partition coefficient (Wildman–Crippen LogP) is 4.28. The molecule has 0 bridgehead atoms. The summed E-state index contributed by atoms with van der Waals surface area (Å²) in [6, 6.07) is 11.6. The van der Waals surface area contributed by atoms with Crippen molar-refractivity contribution in [3.8, 4) is 28.5 Å². The molecule has 2 aromatic heterocycles. The van der Waals surface area contributed by atoms with Crippen LogP contribution in [0.1, 0.15) is 11.1 Å². The minimum absolute atomic E-state index is 0.0378. The molecule has 124 valence electrons. The zero-order valence-electron chi connectivity index (χ0n) is 12.7. The van der Waals surface area contributed by atoms with Gasteiger partial charge in [-0.05, 0) is 35.9 Å². The van der Waals surface area contributed by atoms with Gasteiger partial charge < -0.3 is 5.73 Å². The number of pyridine rings is 2. The largest absolute Gasteiger partial charge is 0.416 e. The van der Waals surface area contributed by atoms with Crippen LogP contribution in [-0.4, -0.2) is 9.97 Å². The number of benzene rings is 1. The molecular formula is C18H11F3N4. The molecule has 0 unspecified atom stereocenters. The molecule has 1 aromatic carbocycles. The molecule has 25 heavy (non-hydrogen) atoms. The number of nitrogens with two attached hydrogens (primary N) is 1. The van der Waals surface area contributed by atoms with Gasteiger partial charge in [-0.25, -0.2) is 4.98 Å². The van der Waals surface area contributed by atoms with Crippen LogP contribution in [0.4, 0.5) is 19.0 Å². The topological polar surface area (TPSA) is 75.6 Å². The minimum atomic E-state index is -4.48. The molecule has 0 spiro atoms. The van der Waals surface area contributed by atoms with Gasteiger partial charge in [0.25, 0.3) is 0 Å². The highest BCUT2D eigenvalue weighted by atomic mass is 19.4. The second-order valence-electron chi connectivity index (χ2n) is 5.24. The van der Waals surface area contributed by atoms with Crippen molar-refractivity contribution in [3.05, 3.63) is 66.0 Å². The van der Waals surface area contributed by atoms with E-state index < -0.39 is 11.7 Å². The average Bonchev–Trinajstić information content (AvgIpc) is 2.61. The number of anilines is 1. The Morgan fingerprint density at radius 2 is 1.72 bits per heavy atom. The number of nitrogens with zero attached hydrogens (tertiary/aromatic N) is 3. The van der Waals surface area contributed by atoms with Gasteiger partial charge in [0.15, 0.2) is 0 Å². The normalized spacial score (nSPS) is 11.1. The quantitative estimate of drug-likeness (QED) is 0.755. The molecule has 0 atom stereocenters. The van der Waals surface area contributed by atoms with Gasteiger partial charge in [0.05, 0.1) is 11.3 Å². The summed E-state index contributed by atoms with van der Waals surface area (Å²) in [6.45, 7) is 0. The highest BCUT2D eigenvalue weighted by molar-refractivity contribution is 5.80. The van der Waals surface area contributed by atoms with Crippen LogP contribution in [0.5, 0.6) is 0 Å². The minimum Gasteiger partial charge on any atom is -0.383 e. The number of rotatable bonds is 2. The first-order valence-electron chi connectivity index (χ1n) is 7.19. The van der Waals surface area contributed by atoms with Gasteiger partial charge in [0, 0.05) is 23.5 Å². The highest BCUT2D eigenvalue weighted by Gasteiger charge is 2.30. The summed E-state index contributed by atoms with van der Waals surface area (Å²) in [6.07, 6.45) is -1.35. The molecule has 0 aliphatic heterocycles. The lowest BCUT2D eigenvalue weighted by molar-refractivity contribution is -0.137. The van der Waals surface area contributed by atoms with Crippen molar-refractivity contribution in [2.24, 2.45) is 0 Å². The van der Waals surface area contributed by atoms with E-state index in [1.165, 1.54) is 12.1 Å². The van der Waals surface area contributed by atoms with Crippen LogP contribution in [0.15, 0.2) is 54.9 Å². The van der Waals surface area contributed by atoms with E-state index in [9.17, 15) is 18.4 Å². The van der Waals surface area contributed by atoms with Crippen molar-refractivity contribution in [2.45, 2.75) is 6.18 Å². The third-order valence-electron chi connectivity index (χ3n) is 3.64. The van der Waals surface area contributed by atoms with Gasteiger partial charge >= 0.3 is 6.18 Å². The summed E-state index contributed by atoms with van der Waals surface area (Å²) in [5.41, 5.74) is 6.79. The SMILES string of the molecule is N#Cc1c(-c2cccc(C(F)(F)F)c2)cc(-c2ccncc2)nc1N. The summed E-state index contributed by atoms with van der Waals surface area (Å²) in [5, 5.41) is 9.35. The number of hydrogen-bond acceptors (Lipinski definition) is 4. The molecule has 2 heterocycles. The van der Waals surface area contributed by atoms with E-state index in [1.54, 1.807) is 30.6 Å². The van der Waals surface area contributed by atoms with E-state index in [0.29, 0.717) is 16.8 Å². The van der Waals surface area contributed by atoms with Crippen molar-refractivity contribution in [2.75, 3.05) is 5.73 Å². The predicted molar refractivity (Wildman–Crippen MR) is 87.0 cm³/mol. The zero-order chi connectivity index (χ0) is 18.0. The molecule has 0 aliphatic rings. The fraction of sp³-hybridized carbons (Fsp3) is 0.0556. The molecule has 0 saturated carbocycles. The van der Waals surface area contributed by atoms with Crippen LogP contribution in [0.2, 0.25) is 0 Å². The molecule has 0 fully saturated rings. The molecule has 3 rings (SSSR count). The Labute approximate surface area is 141 Å². The number of aromatic nitrogens is 2. The molecule has 2 N–H and O–H groups in total. The number of nitrogen functional groups attached to an aromatic ring is 1. The molecule has 0 radical (unpaired) electrons.